The van der Waals surface area contributed by atoms with Gasteiger partial charge in [0.15, 0.2) is 0 Å². The van der Waals surface area contributed by atoms with Crippen molar-refractivity contribution in [1.82, 2.24) is 4.98 Å². The Morgan fingerprint density at radius 2 is 1.67 bits per heavy atom. The minimum Gasteiger partial charge on any atom is -0.481 e. The average Bonchev–Trinajstić information content (AvgIpc) is 2.52. The maximum absolute atomic E-state index is 10.6. The van der Waals surface area contributed by atoms with Crippen molar-refractivity contribution in [1.29, 1.82) is 0 Å². The first-order valence-electron chi connectivity index (χ1n) is 7.06. The maximum atomic E-state index is 10.6. The number of carboxylic acid groups (broad SMARTS) is 1. The Bertz CT molecular complexity index is 567. The zero-order chi connectivity index (χ0) is 15.1. The van der Waals surface area contributed by atoms with Crippen LogP contribution in [0.4, 0.5) is 5.69 Å². The molecule has 4 nitrogen and oxygen atoms in total. The number of carbonyl (C=O) groups is 1. The van der Waals surface area contributed by atoms with Gasteiger partial charge in [0, 0.05) is 38.1 Å². The molecule has 1 aromatic heterocycles. The van der Waals surface area contributed by atoms with Gasteiger partial charge in [-0.05, 0) is 48.2 Å². The van der Waals surface area contributed by atoms with E-state index in [1.807, 2.05) is 48.8 Å². The monoisotopic (exact) mass is 284 g/mol. The van der Waals surface area contributed by atoms with Crippen molar-refractivity contribution in [3.63, 3.8) is 0 Å². The lowest BCUT2D eigenvalue weighted by Gasteiger charge is -2.19. The van der Waals surface area contributed by atoms with E-state index in [9.17, 15) is 4.79 Å². The minimum atomic E-state index is -0.756. The number of rotatable bonds is 7. The van der Waals surface area contributed by atoms with E-state index in [1.165, 1.54) is 5.56 Å². The number of aryl methyl sites for hydroxylation is 1. The van der Waals surface area contributed by atoms with E-state index in [-0.39, 0.29) is 6.42 Å². The summed E-state index contributed by atoms with van der Waals surface area (Å²) in [5.41, 5.74) is 3.47. The van der Waals surface area contributed by atoms with Gasteiger partial charge in [0.2, 0.25) is 0 Å². The Balaban J connectivity index is 1.87. The van der Waals surface area contributed by atoms with Crippen LogP contribution in [0, 0.1) is 0 Å². The molecule has 0 spiro atoms. The summed E-state index contributed by atoms with van der Waals surface area (Å²) in [5.74, 6) is -0.756. The minimum absolute atomic E-state index is 0.178. The SMILES string of the molecule is CN(CCc1ccncc1)c1ccc(CCC(=O)O)cc1. The van der Waals surface area contributed by atoms with Gasteiger partial charge in [-0.1, -0.05) is 12.1 Å². The molecule has 0 aliphatic heterocycles. The molecule has 0 aliphatic carbocycles. The number of aliphatic carboxylic acids is 1. The first-order chi connectivity index (χ1) is 10.1. The molecule has 0 saturated carbocycles. The molecule has 0 atom stereocenters. The van der Waals surface area contributed by atoms with Gasteiger partial charge >= 0.3 is 5.97 Å². The molecule has 0 bridgehead atoms. The summed E-state index contributed by atoms with van der Waals surface area (Å²) in [4.78, 5) is 16.8. The van der Waals surface area contributed by atoms with Gasteiger partial charge in [0.1, 0.15) is 0 Å². The lowest BCUT2D eigenvalue weighted by atomic mass is 10.1. The first kappa shape index (κ1) is 15.0. The molecule has 110 valence electrons. The molecule has 1 N–H and O–H groups in total. The largest absolute Gasteiger partial charge is 0.481 e. The molecule has 1 aromatic carbocycles. The Morgan fingerprint density at radius 1 is 1.05 bits per heavy atom. The molecule has 0 amide bonds. The molecular weight excluding hydrogens is 264 g/mol. The molecule has 1 heterocycles. The fourth-order valence-electron chi connectivity index (χ4n) is 2.14. The summed E-state index contributed by atoms with van der Waals surface area (Å²) in [6, 6.07) is 12.2. The van der Waals surface area contributed by atoms with Crippen LogP contribution in [-0.4, -0.2) is 29.7 Å². The van der Waals surface area contributed by atoms with Crippen LogP contribution in [0.3, 0.4) is 0 Å². The van der Waals surface area contributed by atoms with E-state index < -0.39 is 5.97 Å². The van der Waals surface area contributed by atoms with Crippen LogP contribution in [0.5, 0.6) is 0 Å². The molecule has 0 unspecified atom stereocenters. The number of nitrogens with zero attached hydrogens (tertiary/aromatic N) is 2. The van der Waals surface area contributed by atoms with Crippen molar-refractivity contribution >= 4 is 11.7 Å². The molecule has 0 saturated heterocycles. The highest BCUT2D eigenvalue weighted by molar-refractivity contribution is 5.67. The van der Waals surface area contributed by atoms with Crippen molar-refractivity contribution in [2.75, 3.05) is 18.5 Å². The van der Waals surface area contributed by atoms with Crippen LogP contribution < -0.4 is 4.90 Å². The molecule has 0 radical (unpaired) electrons. The predicted octanol–water partition coefficient (Wildman–Crippen LogP) is 2.78. The summed E-state index contributed by atoms with van der Waals surface area (Å²) in [5, 5.41) is 8.68. The van der Waals surface area contributed by atoms with E-state index >= 15 is 0 Å². The molecule has 0 aliphatic rings. The van der Waals surface area contributed by atoms with E-state index in [0.29, 0.717) is 6.42 Å². The van der Waals surface area contributed by atoms with Crippen LogP contribution in [0.15, 0.2) is 48.8 Å². The van der Waals surface area contributed by atoms with Crippen molar-refractivity contribution in [2.45, 2.75) is 19.3 Å². The van der Waals surface area contributed by atoms with Crippen molar-refractivity contribution < 1.29 is 9.90 Å². The standard InChI is InChI=1S/C17H20N2O2/c1-19(13-10-15-8-11-18-12-9-15)16-5-2-14(3-6-16)4-7-17(20)21/h2-3,5-6,8-9,11-12H,4,7,10,13H2,1H3,(H,20,21). The Morgan fingerprint density at radius 3 is 2.29 bits per heavy atom. The maximum Gasteiger partial charge on any atom is 0.303 e. The second-order valence-corrected chi connectivity index (χ2v) is 5.09. The Labute approximate surface area is 125 Å². The van der Waals surface area contributed by atoms with Crippen LogP contribution in [-0.2, 0) is 17.6 Å². The van der Waals surface area contributed by atoms with Gasteiger partial charge in [0.05, 0.1) is 0 Å². The highest BCUT2D eigenvalue weighted by atomic mass is 16.4. The normalized spacial score (nSPS) is 10.3. The Kier molecular flexibility index (Phi) is 5.32. The van der Waals surface area contributed by atoms with Gasteiger partial charge in [-0.15, -0.1) is 0 Å². The molecule has 4 heteroatoms. The van der Waals surface area contributed by atoms with Gasteiger partial charge in [-0.3, -0.25) is 9.78 Å². The molecule has 2 rings (SSSR count). The molecule has 0 fully saturated rings. The third-order valence-electron chi connectivity index (χ3n) is 3.49. The number of likely N-dealkylation sites (N-methyl/N-ethyl adjacent to an activating group) is 1. The summed E-state index contributed by atoms with van der Waals surface area (Å²) >= 11 is 0. The lowest BCUT2D eigenvalue weighted by Crippen LogP contribution is -2.20. The van der Waals surface area contributed by atoms with E-state index in [1.54, 1.807) is 0 Å². The summed E-state index contributed by atoms with van der Waals surface area (Å²) in [7, 11) is 2.06. The third kappa shape index (κ3) is 4.91. The fraction of sp³-hybridized carbons (Fsp3) is 0.294. The van der Waals surface area contributed by atoms with Crippen molar-refractivity contribution in [3.05, 3.63) is 59.9 Å². The molecule has 2 aromatic rings. The first-order valence-corrected chi connectivity index (χ1v) is 7.06. The average molecular weight is 284 g/mol. The summed E-state index contributed by atoms with van der Waals surface area (Å²) in [6.07, 6.45) is 5.35. The van der Waals surface area contributed by atoms with Gasteiger partial charge in [-0.25, -0.2) is 0 Å². The third-order valence-corrected chi connectivity index (χ3v) is 3.49. The fourth-order valence-corrected chi connectivity index (χ4v) is 2.14. The number of hydrogen-bond acceptors (Lipinski definition) is 3. The van der Waals surface area contributed by atoms with Crippen LogP contribution in [0.2, 0.25) is 0 Å². The topological polar surface area (TPSA) is 53.4 Å². The number of carboxylic acids is 1. The smallest absolute Gasteiger partial charge is 0.303 e. The van der Waals surface area contributed by atoms with E-state index in [4.69, 9.17) is 5.11 Å². The second-order valence-electron chi connectivity index (χ2n) is 5.09. The highest BCUT2D eigenvalue weighted by Crippen LogP contribution is 2.15. The predicted molar refractivity (Wildman–Crippen MR) is 83.6 cm³/mol. The van der Waals surface area contributed by atoms with Crippen LogP contribution in [0.25, 0.3) is 0 Å². The van der Waals surface area contributed by atoms with E-state index in [0.717, 1.165) is 24.2 Å². The van der Waals surface area contributed by atoms with Crippen LogP contribution >= 0.6 is 0 Å². The number of benzene rings is 1. The van der Waals surface area contributed by atoms with Crippen molar-refractivity contribution in [2.24, 2.45) is 0 Å². The number of anilines is 1. The zero-order valence-corrected chi connectivity index (χ0v) is 12.2. The quantitative estimate of drug-likeness (QED) is 0.849. The zero-order valence-electron chi connectivity index (χ0n) is 12.2. The summed E-state index contributed by atoms with van der Waals surface area (Å²) in [6.45, 7) is 0.929. The van der Waals surface area contributed by atoms with Crippen molar-refractivity contribution in [3.8, 4) is 0 Å². The lowest BCUT2D eigenvalue weighted by molar-refractivity contribution is -0.136. The Hall–Kier alpha value is -2.36. The molecular formula is C17H20N2O2. The number of hydrogen-bond donors (Lipinski definition) is 1. The number of aromatic nitrogens is 1. The van der Waals surface area contributed by atoms with E-state index in [2.05, 4.69) is 16.9 Å². The second kappa shape index (κ2) is 7.43. The highest BCUT2D eigenvalue weighted by Gasteiger charge is 2.03. The van der Waals surface area contributed by atoms with Gasteiger partial charge < -0.3 is 10.0 Å². The van der Waals surface area contributed by atoms with Gasteiger partial charge in [-0.2, -0.15) is 0 Å². The summed E-state index contributed by atoms with van der Waals surface area (Å²) < 4.78 is 0. The van der Waals surface area contributed by atoms with Crippen LogP contribution in [0.1, 0.15) is 17.5 Å². The number of pyridine rings is 1. The van der Waals surface area contributed by atoms with Gasteiger partial charge in [0.25, 0.3) is 0 Å². The molecule has 21 heavy (non-hydrogen) atoms.